The molecular weight excluding hydrogens is 396 g/mol. The lowest BCUT2D eigenvalue weighted by Crippen LogP contribution is -2.18. The maximum atomic E-state index is 12.6. The monoisotopic (exact) mass is 412 g/mol. The molecule has 0 atom stereocenters. The van der Waals surface area contributed by atoms with Crippen LogP contribution < -0.4 is 10.6 Å². The van der Waals surface area contributed by atoms with E-state index < -0.39 is 0 Å². The molecule has 7 heteroatoms. The summed E-state index contributed by atoms with van der Waals surface area (Å²) in [6, 6.07) is 16.2. The van der Waals surface area contributed by atoms with E-state index in [1.165, 1.54) is 0 Å². The fraction of sp³-hybridized carbons (Fsp3) is 0.105. The average molecular weight is 413 g/mol. The van der Waals surface area contributed by atoms with E-state index >= 15 is 0 Å². The molecule has 0 spiro atoms. The van der Waals surface area contributed by atoms with Crippen molar-refractivity contribution in [3.05, 3.63) is 76.5 Å². The maximum absolute atomic E-state index is 12.6. The van der Waals surface area contributed by atoms with Crippen molar-refractivity contribution >= 4 is 39.1 Å². The zero-order valence-corrected chi connectivity index (χ0v) is 15.7. The molecule has 0 unspecified atom stereocenters. The molecule has 26 heavy (non-hydrogen) atoms. The summed E-state index contributed by atoms with van der Waals surface area (Å²) in [5, 5.41) is 9.83. The van der Waals surface area contributed by atoms with Crippen LogP contribution in [-0.2, 0) is 6.54 Å². The van der Waals surface area contributed by atoms with E-state index in [9.17, 15) is 9.59 Å². The van der Waals surface area contributed by atoms with Gasteiger partial charge in [-0.15, -0.1) is 0 Å². The first-order valence-electron chi connectivity index (χ1n) is 8.08. The van der Waals surface area contributed by atoms with Crippen LogP contribution >= 0.6 is 15.9 Å². The Morgan fingerprint density at radius 1 is 1.00 bits per heavy atom. The van der Waals surface area contributed by atoms with Gasteiger partial charge in [0.15, 0.2) is 5.69 Å². The molecule has 1 aromatic heterocycles. The number of amides is 2. The Labute approximate surface area is 159 Å². The minimum absolute atomic E-state index is 0.163. The third-order valence-electron chi connectivity index (χ3n) is 3.70. The Morgan fingerprint density at radius 3 is 2.38 bits per heavy atom. The van der Waals surface area contributed by atoms with Gasteiger partial charge in [0.25, 0.3) is 11.8 Å². The van der Waals surface area contributed by atoms with Crippen molar-refractivity contribution in [3.8, 4) is 0 Å². The summed E-state index contributed by atoms with van der Waals surface area (Å²) >= 11 is 3.36. The molecule has 1 heterocycles. The summed E-state index contributed by atoms with van der Waals surface area (Å²) in [5.41, 5.74) is 1.66. The van der Waals surface area contributed by atoms with Crippen molar-refractivity contribution in [3.63, 3.8) is 0 Å². The van der Waals surface area contributed by atoms with Gasteiger partial charge in [-0.3, -0.25) is 14.3 Å². The van der Waals surface area contributed by atoms with Gasteiger partial charge in [-0.1, -0.05) is 30.3 Å². The molecule has 0 saturated heterocycles. The Balaban J connectivity index is 1.85. The largest absolute Gasteiger partial charge is 0.321 e. The van der Waals surface area contributed by atoms with Crippen LogP contribution in [0.1, 0.15) is 27.8 Å². The molecule has 2 N–H and O–H groups in total. The van der Waals surface area contributed by atoms with Gasteiger partial charge in [0.1, 0.15) is 0 Å². The summed E-state index contributed by atoms with van der Waals surface area (Å²) in [6.45, 7) is 2.49. The fourth-order valence-electron chi connectivity index (χ4n) is 2.39. The van der Waals surface area contributed by atoms with Crippen LogP contribution in [0.25, 0.3) is 0 Å². The van der Waals surface area contributed by atoms with Crippen molar-refractivity contribution in [2.75, 3.05) is 10.6 Å². The van der Waals surface area contributed by atoms with Gasteiger partial charge in [-0.05, 0) is 47.1 Å². The summed E-state index contributed by atoms with van der Waals surface area (Å²) in [5.74, 6) is -0.701. The summed E-state index contributed by atoms with van der Waals surface area (Å²) < 4.78 is 2.28. The number of rotatable bonds is 5. The van der Waals surface area contributed by atoms with Crippen LogP contribution in [0.3, 0.4) is 0 Å². The molecule has 0 saturated carbocycles. The van der Waals surface area contributed by atoms with E-state index in [0.717, 1.165) is 0 Å². The van der Waals surface area contributed by atoms with Crippen molar-refractivity contribution in [2.45, 2.75) is 13.5 Å². The number of para-hydroxylation sites is 1. The van der Waals surface area contributed by atoms with E-state index in [2.05, 4.69) is 31.7 Å². The summed E-state index contributed by atoms with van der Waals surface area (Å²) in [4.78, 5) is 25.2. The molecule has 0 aliphatic heterocycles. The fourth-order valence-corrected chi connectivity index (χ4v) is 2.85. The average Bonchev–Trinajstić information content (AvgIpc) is 3.06. The minimum Gasteiger partial charge on any atom is -0.321 e. The molecule has 2 amide bonds. The van der Waals surface area contributed by atoms with Gasteiger partial charge in [-0.2, -0.15) is 5.10 Å². The van der Waals surface area contributed by atoms with Gasteiger partial charge in [-0.25, -0.2) is 0 Å². The molecule has 0 bridgehead atoms. The van der Waals surface area contributed by atoms with Crippen molar-refractivity contribution in [1.82, 2.24) is 9.78 Å². The number of anilines is 2. The van der Waals surface area contributed by atoms with Crippen molar-refractivity contribution < 1.29 is 9.59 Å². The molecule has 2 aromatic carbocycles. The third kappa shape index (κ3) is 4.00. The van der Waals surface area contributed by atoms with Gasteiger partial charge in [0.05, 0.1) is 11.3 Å². The molecule has 3 rings (SSSR count). The van der Waals surface area contributed by atoms with Crippen LogP contribution in [-0.4, -0.2) is 21.6 Å². The second-order valence-electron chi connectivity index (χ2n) is 5.50. The predicted molar refractivity (Wildman–Crippen MR) is 104 cm³/mol. The molecule has 3 aromatic rings. The molecule has 0 aliphatic rings. The number of nitrogens with zero attached hydrogens (tertiary/aromatic N) is 2. The number of carbonyl (C=O) groups is 2. The molecule has 6 nitrogen and oxygen atoms in total. The SMILES string of the molecule is CCn1cc(NC(=O)c2ccccc2Br)c(C(=O)Nc2ccccc2)n1. The number of hydrogen-bond acceptors (Lipinski definition) is 3. The Morgan fingerprint density at radius 2 is 1.69 bits per heavy atom. The second kappa shape index (κ2) is 7.97. The van der Waals surface area contributed by atoms with E-state index in [-0.39, 0.29) is 17.5 Å². The highest BCUT2D eigenvalue weighted by Gasteiger charge is 2.20. The summed E-state index contributed by atoms with van der Waals surface area (Å²) in [6.07, 6.45) is 1.65. The van der Waals surface area contributed by atoms with Crippen LogP contribution in [0, 0.1) is 0 Å². The van der Waals surface area contributed by atoms with Crippen molar-refractivity contribution in [2.24, 2.45) is 0 Å². The van der Waals surface area contributed by atoms with Crippen LogP contribution in [0.4, 0.5) is 11.4 Å². The number of hydrogen-bond donors (Lipinski definition) is 2. The zero-order valence-electron chi connectivity index (χ0n) is 14.1. The van der Waals surface area contributed by atoms with Crippen LogP contribution in [0.5, 0.6) is 0 Å². The second-order valence-corrected chi connectivity index (χ2v) is 6.36. The number of nitrogens with one attached hydrogen (secondary N) is 2. The molecule has 0 radical (unpaired) electrons. The molecular formula is C19H17BrN4O2. The van der Waals surface area contributed by atoms with Crippen molar-refractivity contribution in [1.29, 1.82) is 0 Å². The lowest BCUT2D eigenvalue weighted by molar-refractivity contribution is 0.102. The van der Waals surface area contributed by atoms with Gasteiger partial charge < -0.3 is 10.6 Å². The zero-order chi connectivity index (χ0) is 18.5. The molecule has 0 fully saturated rings. The summed E-state index contributed by atoms with van der Waals surface area (Å²) in [7, 11) is 0. The third-order valence-corrected chi connectivity index (χ3v) is 4.39. The number of aromatic nitrogens is 2. The smallest absolute Gasteiger partial charge is 0.278 e. The first kappa shape index (κ1) is 17.9. The number of benzene rings is 2. The van der Waals surface area contributed by atoms with E-state index in [1.807, 2.05) is 31.2 Å². The lowest BCUT2D eigenvalue weighted by Gasteiger charge is -2.07. The Hall–Kier alpha value is -2.93. The predicted octanol–water partition coefficient (Wildman–Crippen LogP) is 4.17. The first-order valence-corrected chi connectivity index (χ1v) is 8.87. The molecule has 132 valence electrons. The van der Waals surface area contributed by atoms with E-state index in [0.29, 0.717) is 28.0 Å². The van der Waals surface area contributed by atoms with Crippen LogP contribution in [0.2, 0.25) is 0 Å². The lowest BCUT2D eigenvalue weighted by atomic mass is 10.2. The topological polar surface area (TPSA) is 76.0 Å². The highest BCUT2D eigenvalue weighted by Crippen LogP contribution is 2.21. The first-order chi connectivity index (χ1) is 12.6. The van der Waals surface area contributed by atoms with Gasteiger partial charge in [0, 0.05) is 22.9 Å². The highest BCUT2D eigenvalue weighted by molar-refractivity contribution is 9.10. The Kier molecular flexibility index (Phi) is 5.48. The van der Waals surface area contributed by atoms with Crippen LogP contribution in [0.15, 0.2) is 65.3 Å². The molecule has 0 aliphatic carbocycles. The Bertz CT molecular complexity index is 938. The quantitative estimate of drug-likeness (QED) is 0.659. The highest BCUT2D eigenvalue weighted by atomic mass is 79.9. The normalized spacial score (nSPS) is 10.4. The number of halogens is 1. The minimum atomic E-state index is -0.383. The maximum Gasteiger partial charge on any atom is 0.278 e. The number of aryl methyl sites for hydroxylation is 1. The van der Waals surface area contributed by atoms with Gasteiger partial charge in [0.2, 0.25) is 0 Å². The standard InChI is InChI=1S/C19H17BrN4O2/c1-2-24-12-16(22-18(25)14-10-6-7-11-15(14)20)17(23-24)19(26)21-13-8-4-3-5-9-13/h3-12H,2H2,1H3,(H,21,26)(H,22,25). The van der Waals surface area contributed by atoms with E-state index in [1.54, 1.807) is 41.2 Å². The number of carbonyl (C=O) groups excluding carboxylic acids is 2. The van der Waals surface area contributed by atoms with E-state index in [4.69, 9.17) is 0 Å². The van der Waals surface area contributed by atoms with Gasteiger partial charge >= 0.3 is 0 Å².